The van der Waals surface area contributed by atoms with Crippen LogP contribution in [0.4, 0.5) is 0 Å². The Balaban J connectivity index is 2.05. The second kappa shape index (κ2) is 4.97. The molecule has 0 aromatic heterocycles. The minimum absolute atomic E-state index is 0.130. The van der Waals surface area contributed by atoms with E-state index in [1.807, 2.05) is 24.3 Å². The number of carbonyl (C=O) groups excluding carboxylic acids is 1. The highest BCUT2D eigenvalue weighted by Crippen LogP contribution is 2.45. The number of nitrogens with one attached hydrogen (secondary N) is 1. The summed E-state index contributed by atoms with van der Waals surface area (Å²) >= 11 is 3.54. The first-order valence-electron chi connectivity index (χ1n) is 6.36. The van der Waals surface area contributed by atoms with Crippen LogP contribution < -0.4 is 5.32 Å². The molecule has 2 rings (SSSR count). The van der Waals surface area contributed by atoms with Gasteiger partial charge in [0.25, 0.3) is 0 Å². The van der Waals surface area contributed by atoms with Crippen LogP contribution in [0.2, 0.25) is 0 Å². The summed E-state index contributed by atoms with van der Waals surface area (Å²) in [5, 5.41) is 11.9. The van der Waals surface area contributed by atoms with Crippen LogP contribution in [0.5, 0.6) is 0 Å². The average Bonchev–Trinajstić information content (AvgIpc) is 3.17. The van der Waals surface area contributed by atoms with Crippen molar-refractivity contribution in [1.29, 1.82) is 5.26 Å². The number of hydrogen-bond acceptors (Lipinski definition) is 2. The molecule has 0 unspecified atom stereocenters. The van der Waals surface area contributed by atoms with Crippen molar-refractivity contribution in [1.82, 2.24) is 5.32 Å². The maximum Gasteiger partial charge on any atom is 0.240 e. The molecule has 1 amide bonds. The van der Waals surface area contributed by atoms with Gasteiger partial charge in [0.15, 0.2) is 0 Å². The summed E-state index contributed by atoms with van der Waals surface area (Å²) in [6.45, 7) is 4.69. The summed E-state index contributed by atoms with van der Waals surface area (Å²) < 4.78 is 1.04. The number of carbonyl (C=O) groups is 1. The van der Waals surface area contributed by atoms with Gasteiger partial charge in [-0.25, -0.2) is 0 Å². The van der Waals surface area contributed by atoms with E-state index in [1.54, 1.807) is 0 Å². The van der Waals surface area contributed by atoms with E-state index in [9.17, 15) is 4.79 Å². The summed E-state index contributed by atoms with van der Waals surface area (Å²) in [6.07, 6.45) is 1.37. The van der Waals surface area contributed by atoms with Crippen molar-refractivity contribution in [3.05, 3.63) is 34.3 Å². The van der Waals surface area contributed by atoms with E-state index in [4.69, 9.17) is 5.26 Å². The van der Waals surface area contributed by atoms with Crippen molar-refractivity contribution in [3.63, 3.8) is 0 Å². The Bertz CT molecular complexity index is 541. The van der Waals surface area contributed by atoms with E-state index >= 15 is 0 Å². The molecule has 0 heterocycles. The molecule has 0 saturated heterocycles. The van der Waals surface area contributed by atoms with E-state index in [0.717, 1.165) is 10.0 Å². The molecule has 1 N–H and O–H groups in total. The summed E-state index contributed by atoms with van der Waals surface area (Å²) in [4.78, 5) is 12.0. The summed E-state index contributed by atoms with van der Waals surface area (Å²) in [5.41, 5.74) is 0.225. The molecule has 3 nitrogen and oxygen atoms in total. The number of nitrogens with zero attached hydrogens (tertiary/aromatic N) is 1. The van der Waals surface area contributed by atoms with Crippen molar-refractivity contribution < 1.29 is 4.79 Å². The Labute approximate surface area is 122 Å². The number of nitriles is 1. The standard InChI is InChI=1S/C15H17BrN2O/c1-14(2,11-5-3-4-6-12(11)16)10-18-13(19)15(9-17)7-8-15/h3-6H,7-8,10H2,1-2H3,(H,18,19). The van der Waals surface area contributed by atoms with Gasteiger partial charge in [-0.3, -0.25) is 4.79 Å². The third-order valence-corrected chi connectivity index (χ3v) is 4.38. The summed E-state index contributed by atoms with van der Waals surface area (Å²) in [5.74, 6) is -0.130. The van der Waals surface area contributed by atoms with Crippen LogP contribution in [0.1, 0.15) is 32.3 Å². The summed E-state index contributed by atoms with van der Waals surface area (Å²) in [6, 6.07) is 10.1. The fourth-order valence-corrected chi connectivity index (χ4v) is 2.91. The highest BCUT2D eigenvalue weighted by Gasteiger charge is 2.50. The topological polar surface area (TPSA) is 52.9 Å². The maximum atomic E-state index is 12.0. The highest BCUT2D eigenvalue weighted by molar-refractivity contribution is 9.10. The van der Waals surface area contributed by atoms with Crippen LogP contribution in [0, 0.1) is 16.7 Å². The van der Waals surface area contributed by atoms with Gasteiger partial charge in [-0.05, 0) is 24.5 Å². The largest absolute Gasteiger partial charge is 0.354 e. The predicted octanol–water partition coefficient (Wildman–Crippen LogP) is 3.15. The van der Waals surface area contributed by atoms with E-state index in [2.05, 4.69) is 41.2 Å². The second-order valence-electron chi connectivity index (χ2n) is 5.74. The molecule has 19 heavy (non-hydrogen) atoms. The zero-order chi connectivity index (χ0) is 14.1. The fourth-order valence-electron chi connectivity index (χ4n) is 2.09. The summed E-state index contributed by atoms with van der Waals surface area (Å²) in [7, 11) is 0. The van der Waals surface area contributed by atoms with Gasteiger partial charge in [-0.15, -0.1) is 0 Å². The average molecular weight is 321 g/mol. The number of rotatable bonds is 4. The quantitative estimate of drug-likeness (QED) is 0.926. The first-order chi connectivity index (χ1) is 8.91. The van der Waals surface area contributed by atoms with Gasteiger partial charge in [0, 0.05) is 16.4 Å². The van der Waals surface area contributed by atoms with E-state index in [1.165, 1.54) is 0 Å². The zero-order valence-electron chi connectivity index (χ0n) is 11.2. The highest BCUT2D eigenvalue weighted by atomic mass is 79.9. The smallest absolute Gasteiger partial charge is 0.240 e. The lowest BCUT2D eigenvalue weighted by atomic mass is 9.84. The molecule has 1 saturated carbocycles. The molecular weight excluding hydrogens is 304 g/mol. The van der Waals surface area contributed by atoms with Crippen LogP contribution in [-0.4, -0.2) is 12.5 Å². The van der Waals surface area contributed by atoms with Crippen molar-refractivity contribution in [3.8, 4) is 6.07 Å². The van der Waals surface area contributed by atoms with Crippen LogP contribution in [0.3, 0.4) is 0 Å². The van der Waals surface area contributed by atoms with Crippen LogP contribution in [0.15, 0.2) is 28.7 Å². The van der Waals surface area contributed by atoms with Crippen molar-refractivity contribution in [2.24, 2.45) is 5.41 Å². The van der Waals surface area contributed by atoms with E-state index in [0.29, 0.717) is 19.4 Å². The number of benzene rings is 1. The number of hydrogen-bond donors (Lipinski definition) is 1. The molecule has 0 bridgehead atoms. The monoisotopic (exact) mass is 320 g/mol. The Hall–Kier alpha value is -1.34. The predicted molar refractivity (Wildman–Crippen MR) is 77.5 cm³/mol. The first kappa shape index (κ1) is 14.1. The SMILES string of the molecule is CC(C)(CNC(=O)C1(C#N)CC1)c1ccccc1Br. The number of halogens is 1. The van der Waals surface area contributed by atoms with Crippen LogP contribution in [0.25, 0.3) is 0 Å². The molecule has 1 aromatic carbocycles. The molecule has 100 valence electrons. The molecule has 0 aliphatic heterocycles. The van der Waals surface area contributed by atoms with Crippen LogP contribution in [-0.2, 0) is 10.2 Å². The van der Waals surface area contributed by atoms with Crippen molar-refractivity contribution in [2.45, 2.75) is 32.1 Å². The molecule has 1 fully saturated rings. The van der Waals surface area contributed by atoms with Gasteiger partial charge in [-0.1, -0.05) is 48.0 Å². The molecule has 1 aliphatic carbocycles. The zero-order valence-corrected chi connectivity index (χ0v) is 12.8. The minimum Gasteiger partial charge on any atom is -0.354 e. The van der Waals surface area contributed by atoms with Gasteiger partial charge >= 0.3 is 0 Å². The van der Waals surface area contributed by atoms with Gasteiger partial charge in [0.2, 0.25) is 5.91 Å². The number of amides is 1. The minimum atomic E-state index is -0.746. The van der Waals surface area contributed by atoms with E-state index < -0.39 is 5.41 Å². The second-order valence-corrected chi connectivity index (χ2v) is 6.59. The van der Waals surface area contributed by atoms with Gasteiger partial charge in [0.1, 0.15) is 5.41 Å². The first-order valence-corrected chi connectivity index (χ1v) is 7.15. The van der Waals surface area contributed by atoms with Crippen LogP contribution >= 0.6 is 15.9 Å². The normalized spacial score (nSPS) is 16.5. The fraction of sp³-hybridized carbons (Fsp3) is 0.467. The Morgan fingerprint density at radius 2 is 2.11 bits per heavy atom. The van der Waals surface area contributed by atoms with Gasteiger partial charge in [0.05, 0.1) is 6.07 Å². The van der Waals surface area contributed by atoms with Crippen molar-refractivity contribution >= 4 is 21.8 Å². The lowest BCUT2D eigenvalue weighted by molar-refractivity contribution is -0.124. The third kappa shape index (κ3) is 2.82. The van der Waals surface area contributed by atoms with Gasteiger partial charge < -0.3 is 5.32 Å². The van der Waals surface area contributed by atoms with Crippen molar-refractivity contribution in [2.75, 3.05) is 6.54 Å². The molecule has 1 aromatic rings. The molecule has 0 atom stereocenters. The Morgan fingerprint density at radius 1 is 1.47 bits per heavy atom. The maximum absolute atomic E-state index is 12.0. The molecule has 1 aliphatic rings. The van der Waals surface area contributed by atoms with E-state index in [-0.39, 0.29) is 11.3 Å². The molecule has 4 heteroatoms. The Morgan fingerprint density at radius 3 is 2.63 bits per heavy atom. The molecular formula is C15H17BrN2O. The molecule has 0 radical (unpaired) electrons. The Kier molecular flexibility index (Phi) is 3.69. The lowest BCUT2D eigenvalue weighted by Gasteiger charge is -2.27. The van der Waals surface area contributed by atoms with Gasteiger partial charge in [-0.2, -0.15) is 5.26 Å². The third-order valence-electron chi connectivity index (χ3n) is 3.69. The molecule has 0 spiro atoms. The lowest BCUT2D eigenvalue weighted by Crippen LogP contribution is -2.40.